The standard InChI is InChI=1S/C25H33F3N4O5/c1-15(2)13-24(6,32-22(34)37-23(3,4)5)14-36-19-9-8-16(12-17(19)25(26,27)28)18-10-11-29-20(30-18)31-21(33)35-7/h8-12,15H,13-14H2,1-7H3,(H,32,34)(H,29,30,31,33). The molecule has 0 aliphatic rings. The summed E-state index contributed by atoms with van der Waals surface area (Å²) < 4.78 is 57.4. The van der Waals surface area contributed by atoms with E-state index in [1.165, 1.54) is 24.4 Å². The van der Waals surface area contributed by atoms with Crippen LogP contribution in [-0.4, -0.2) is 47.0 Å². The van der Waals surface area contributed by atoms with Crippen LogP contribution in [0.3, 0.4) is 0 Å². The summed E-state index contributed by atoms with van der Waals surface area (Å²) >= 11 is 0. The first kappa shape index (κ1) is 29.7. The number of alkyl halides is 3. The van der Waals surface area contributed by atoms with Gasteiger partial charge in [-0.2, -0.15) is 13.2 Å². The molecule has 1 heterocycles. The third-order valence-corrected chi connectivity index (χ3v) is 4.84. The van der Waals surface area contributed by atoms with Crippen LogP contribution in [0.5, 0.6) is 5.75 Å². The minimum Gasteiger partial charge on any atom is -0.491 e. The Morgan fingerprint density at radius 1 is 1.05 bits per heavy atom. The van der Waals surface area contributed by atoms with Crippen LogP contribution in [0.2, 0.25) is 0 Å². The van der Waals surface area contributed by atoms with Gasteiger partial charge in [0.25, 0.3) is 0 Å². The Hall–Kier alpha value is -3.57. The van der Waals surface area contributed by atoms with Gasteiger partial charge in [-0.15, -0.1) is 0 Å². The molecule has 1 aromatic carbocycles. The molecule has 1 atom stereocenters. The molecule has 9 nitrogen and oxygen atoms in total. The summed E-state index contributed by atoms with van der Waals surface area (Å²) in [5.74, 6) is -0.423. The highest BCUT2D eigenvalue weighted by atomic mass is 19.4. The Kier molecular flexibility index (Phi) is 9.34. The maximum Gasteiger partial charge on any atom is 0.419 e. The van der Waals surface area contributed by atoms with Crippen molar-refractivity contribution in [3.8, 4) is 17.0 Å². The average molecular weight is 527 g/mol. The minimum absolute atomic E-state index is 0.110. The maximum absolute atomic E-state index is 14.0. The van der Waals surface area contributed by atoms with Crippen LogP contribution >= 0.6 is 0 Å². The second kappa shape index (κ2) is 11.7. The van der Waals surface area contributed by atoms with Crippen LogP contribution in [0.15, 0.2) is 30.5 Å². The van der Waals surface area contributed by atoms with Crippen LogP contribution in [0.1, 0.15) is 53.5 Å². The first-order valence-corrected chi connectivity index (χ1v) is 11.5. The number of ether oxygens (including phenoxy) is 3. The molecular formula is C25H33F3N4O5. The van der Waals surface area contributed by atoms with Crippen LogP contribution in [0.25, 0.3) is 11.3 Å². The van der Waals surface area contributed by atoms with Crippen LogP contribution in [-0.2, 0) is 15.7 Å². The number of halogens is 3. The van der Waals surface area contributed by atoms with Gasteiger partial charge >= 0.3 is 18.4 Å². The highest BCUT2D eigenvalue weighted by Crippen LogP contribution is 2.39. The van der Waals surface area contributed by atoms with Gasteiger partial charge in [-0.3, -0.25) is 5.32 Å². The monoisotopic (exact) mass is 526 g/mol. The van der Waals surface area contributed by atoms with E-state index in [-0.39, 0.29) is 29.7 Å². The molecule has 2 rings (SSSR count). The Morgan fingerprint density at radius 2 is 1.73 bits per heavy atom. The van der Waals surface area contributed by atoms with E-state index in [2.05, 4.69) is 25.3 Å². The van der Waals surface area contributed by atoms with Crippen molar-refractivity contribution in [2.45, 2.75) is 65.3 Å². The first-order valence-electron chi connectivity index (χ1n) is 11.5. The SMILES string of the molecule is COC(=O)Nc1nccc(-c2ccc(OCC(C)(CC(C)C)NC(=O)OC(C)(C)C)c(C(F)(F)F)c2)n1. The smallest absolute Gasteiger partial charge is 0.419 e. The molecule has 1 unspecified atom stereocenters. The number of hydrogen-bond acceptors (Lipinski definition) is 7. The lowest BCUT2D eigenvalue weighted by molar-refractivity contribution is -0.139. The minimum atomic E-state index is -4.74. The van der Waals surface area contributed by atoms with Crippen LogP contribution in [0.4, 0.5) is 28.7 Å². The molecule has 204 valence electrons. The lowest BCUT2D eigenvalue weighted by Crippen LogP contribution is -2.52. The van der Waals surface area contributed by atoms with Crippen molar-refractivity contribution in [1.29, 1.82) is 0 Å². The second-order valence-electron chi connectivity index (χ2n) is 10.2. The molecule has 0 aliphatic heterocycles. The fourth-order valence-electron chi connectivity index (χ4n) is 3.59. The van der Waals surface area contributed by atoms with E-state index in [1.807, 2.05) is 13.8 Å². The van der Waals surface area contributed by atoms with Gasteiger partial charge in [0.1, 0.15) is 18.0 Å². The van der Waals surface area contributed by atoms with E-state index in [9.17, 15) is 22.8 Å². The highest BCUT2D eigenvalue weighted by molar-refractivity contribution is 5.82. The third-order valence-electron chi connectivity index (χ3n) is 4.84. The van der Waals surface area contributed by atoms with Gasteiger partial charge in [0.15, 0.2) is 0 Å². The number of nitrogens with one attached hydrogen (secondary N) is 2. The zero-order valence-electron chi connectivity index (χ0n) is 21.9. The van der Waals surface area contributed by atoms with Crippen molar-refractivity contribution in [2.75, 3.05) is 19.0 Å². The molecule has 0 radical (unpaired) electrons. The van der Waals surface area contributed by atoms with E-state index in [0.717, 1.165) is 13.2 Å². The number of carbonyl (C=O) groups is 2. The summed E-state index contributed by atoms with van der Waals surface area (Å²) in [6.45, 7) is 10.5. The molecule has 2 aromatic rings. The molecule has 0 aliphatic carbocycles. The Balaban J connectivity index is 2.34. The normalized spacial score (nSPS) is 13.5. The van der Waals surface area contributed by atoms with E-state index < -0.39 is 40.8 Å². The fraction of sp³-hybridized carbons (Fsp3) is 0.520. The number of hydrogen-bond donors (Lipinski definition) is 2. The topological polar surface area (TPSA) is 112 Å². The number of methoxy groups -OCH3 is 1. The number of carbonyl (C=O) groups excluding carboxylic acids is 2. The fourth-order valence-corrected chi connectivity index (χ4v) is 3.59. The van der Waals surface area contributed by atoms with Crippen molar-refractivity contribution >= 4 is 18.1 Å². The molecule has 2 N–H and O–H groups in total. The molecular weight excluding hydrogens is 493 g/mol. The number of anilines is 1. The molecule has 37 heavy (non-hydrogen) atoms. The van der Waals surface area contributed by atoms with Gasteiger partial charge in [0, 0.05) is 11.8 Å². The summed E-state index contributed by atoms with van der Waals surface area (Å²) in [5, 5.41) is 5.01. The predicted molar refractivity (Wildman–Crippen MR) is 131 cm³/mol. The molecule has 12 heteroatoms. The zero-order valence-corrected chi connectivity index (χ0v) is 21.9. The number of aromatic nitrogens is 2. The molecule has 0 fully saturated rings. The van der Waals surface area contributed by atoms with Gasteiger partial charge < -0.3 is 19.5 Å². The number of rotatable bonds is 8. The Morgan fingerprint density at radius 3 is 2.30 bits per heavy atom. The number of nitrogens with zero attached hydrogens (tertiary/aromatic N) is 2. The van der Waals surface area contributed by atoms with Crippen molar-refractivity contribution in [1.82, 2.24) is 15.3 Å². The van der Waals surface area contributed by atoms with Crippen LogP contribution in [0, 0.1) is 5.92 Å². The van der Waals surface area contributed by atoms with Gasteiger partial charge in [0.2, 0.25) is 5.95 Å². The average Bonchev–Trinajstić information content (AvgIpc) is 2.75. The van der Waals surface area contributed by atoms with Gasteiger partial charge in [0.05, 0.1) is 23.9 Å². The number of benzene rings is 1. The number of alkyl carbamates (subject to hydrolysis) is 1. The molecule has 1 aromatic heterocycles. The first-order chi connectivity index (χ1) is 17.0. The highest BCUT2D eigenvalue weighted by Gasteiger charge is 2.37. The third kappa shape index (κ3) is 9.43. The van der Waals surface area contributed by atoms with Gasteiger partial charge in [-0.05, 0) is 64.3 Å². The Labute approximate surface area is 214 Å². The molecule has 0 bridgehead atoms. The van der Waals surface area contributed by atoms with E-state index in [4.69, 9.17) is 9.47 Å². The van der Waals surface area contributed by atoms with Gasteiger partial charge in [-0.1, -0.05) is 13.8 Å². The molecule has 0 spiro atoms. The predicted octanol–water partition coefficient (Wildman–Crippen LogP) is 6.05. The van der Waals surface area contributed by atoms with Crippen molar-refractivity contribution in [3.05, 3.63) is 36.0 Å². The second-order valence-corrected chi connectivity index (χ2v) is 10.2. The maximum atomic E-state index is 14.0. The van der Waals surface area contributed by atoms with Crippen molar-refractivity contribution < 1.29 is 37.0 Å². The summed E-state index contributed by atoms with van der Waals surface area (Å²) in [6, 6.07) is 4.91. The molecule has 0 saturated heterocycles. The zero-order chi connectivity index (χ0) is 28.0. The largest absolute Gasteiger partial charge is 0.491 e. The van der Waals surface area contributed by atoms with Crippen molar-refractivity contribution in [2.24, 2.45) is 5.92 Å². The van der Waals surface area contributed by atoms with E-state index in [0.29, 0.717) is 6.42 Å². The summed E-state index contributed by atoms with van der Waals surface area (Å²) in [4.78, 5) is 31.7. The quantitative estimate of drug-likeness (QED) is 0.431. The van der Waals surface area contributed by atoms with E-state index in [1.54, 1.807) is 27.7 Å². The van der Waals surface area contributed by atoms with Gasteiger partial charge in [-0.25, -0.2) is 19.6 Å². The lowest BCUT2D eigenvalue weighted by Gasteiger charge is -2.33. The molecule has 0 saturated carbocycles. The Bertz CT molecular complexity index is 1100. The van der Waals surface area contributed by atoms with E-state index >= 15 is 0 Å². The lowest BCUT2D eigenvalue weighted by atomic mass is 9.91. The van der Waals surface area contributed by atoms with Crippen LogP contribution < -0.4 is 15.4 Å². The summed E-state index contributed by atoms with van der Waals surface area (Å²) in [7, 11) is 1.16. The summed E-state index contributed by atoms with van der Waals surface area (Å²) in [5.41, 5.74) is -2.48. The number of amides is 2. The molecule has 2 amide bonds. The summed E-state index contributed by atoms with van der Waals surface area (Å²) in [6.07, 6.45) is -4.52. The van der Waals surface area contributed by atoms with Crippen molar-refractivity contribution in [3.63, 3.8) is 0 Å².